The lowest BCUT2D eigenvalue weighted by Gasteiger charge is -2.21. The van der Waals surface area contributed by atoms with Crippen LogP contribution in [0.15, 0.2) is 60.3 Å². The summed E-state index contributed by atoms with van der Waals surface area (Å²) < 4.78 is 38.9. The largest absolute Gasteiger partial charge is 0.416 e. The van der Waals surface area contributed by atoms with Gasteiger partial charge < -0.3 is 4.90 Å². The highest BCUT2D eigenvalue weighted by Gasteiger charge is 2.32. The molecule has 0 unspecified atom stereocenters. The zero-order valence-corrected chi connectivity index (χ0v) is 12.5. The number of allylic oxidation sites excluding steroid dienone is 4. The lowest BCUT2D eigenvalue weighted by Crippen LogP contribution is -2.18. The molecule has 1 rings (SSSR count). The Balaban J connectivity index is 3.24. The molecule has 0 N–H and O–H groups in total. The quantitative estimate of drug-likeness (QED) is 0.719. The Morgan fingerprint density at radius 3 is 2.59 bits per heavy atom. The minimum Gasteiger partial charge on any atom is -0.345 e. The van der Waals surface area contributed by atoms with Gasteiger partial charge in [-0.2, -0.15) is 18.4 Å². The second-order valence-corrected chi connectivity index (χ2v) is 4.56. The number of benzene rings is 1. The Morgan fingerprint density at radius 2 is 2.09 bits per heavy atom. The summed E-state index contributed by atoms with van der Waals surface area (Å²) >= 11 is 0. The molecule has 5 heteroatoms. The summed E-state index contributed by atoms with van der Waals surface area (Å²) in [4.78, 5) is 1.56. The molecule has 2 nitrogen and oxygen atoms in total. The Bertz CT molecular complexity index is 634. The third-order valence-corrected chi connectivity index (χ3v) is 3.01. The first-order valence-electron chi connectivity index (χ1n) is 6.68. The number of hydrogen-bond acceptors (Lipinski definition) is 2. The van der Waals surface area contributed by atoms with Crippen molar-refractivity contribution in [3.63, 3.8) is 0 Å². The van der Waals surface area contributed by atoms with Gasteiger partial charge in [0.2, 0.25) is 0 Å². The van der Waals surface area contributed by atoms with Gasteiger partial charge in [0.15, 0.2) is 0 Å². The van der Waals surface area contributed by atoms with E-state index in [2.05, 4.69) is 6.58 Å². The maximum absolute atomic E-state index is 13.0. The summed E-state index contributed by atoms with van der Waals surface area (Å²) in [5.74, 6) is 0. The number of anilines is 1. The molecule has 1 aromatic rings. The molecule has 22 heavy (non-hydrogen) atoms. The summed E-state index contributed by atoms with van der Waals surface area (Å²) in [5, 5.41) is 8.90. The van der Waals surface area contributed by atoms with E-state index < -0.39 is 11.7 Å². The first kappa shape index (κ1) is 17.6. The molecule has 0 saturated heterocycles. The summed E-state index contributed by atoms with van der Waals surface area (Å²) in [6.45, 7) is 5.22. The Hall–Kier alpha value is -2.48. The number of nitrogens with zero attached hydrogens (tertiary/aromatic N) is 2. The molecule has 0 aliphatic rings. The molecule has 0 saturated carbocycles. The molecule has 0 aliphatic heterocycles. The minimum absolute atomic E-state index is 0.281. The van der Waals surface area contributed by atoms with E-state index in [9.17, 15) is 13.2 Å². The van der Waals surface area contributed by atoms with Gasteiger partial charge in [-0.3, -0.25) is 0 Å². The highest BCUT2D eigenvalue weighted by molar-refractivity contribution is 5.57. The Labute approximate surface area is 128 Å². The average Bonchev–Trinajstić information content (AvgIpc) is 2.49. The van der Waals surface area contributed by atoms with Crippen LogP contribution in [0.4, 0.5) is 18.9 Å². The van der Waals surface area contributed by atoms with Gasteiger partial charge in [0.25, 0.3) is 0 Å². The van der Waals surface area contributed by atoms with Crippen molar-refractivity contribution < 1.29 is 13.2 Å². The number of hydrogen-bond donors (Lipinski definition) is 0. The highest BCUT2D eigenvalue weighted by atomic mass is 19.4. The van der Waals surface area contributed by atoms with Crippen molar-refractivity contribution in [1.82, 2.24) is 0 Å². The monoisotopic (exact) mass is 306 g/mol. The number of alkyl halides is 3. The number of rotatable bonds is 5. The second-order valence-electron chi connectivity index (χ2n) is 4.56. The van der Waals surface area contributed by atoms with Gasteiger partial charge in [0.05, 0.1) is 17.2 Å². The average molecular weight is 306 g/mol. The maximum atomic E-state index is 13.0. The molecule has 0 atom stereocenters. The summed E-state index contributed by atoms with van der Waals surface area (Å²) in [6.07, 6.45) is -0.601. The number of nitriles is 1. The molecule has 0 spiro atoms. The zero-order chi connectivity index (χ0) is 16.8. The normalized spacial score (nSPS) is 12.7. The number of likely N-dealkylation sites (N-methyl/N-ethyl adjacent to an activating group) is 1. The van der Waals surface area contributed by atoms with Crippen molar-refractivity contribution in [2.75, 3.05) is 11.9 Å². The molecule has 0 aliphatic carbocycles. The van der Waals surface area contributed by atoms with E-state index in [1.807, 2.05) is 6.07 Å². The van der Waals surface area contributed by atoms with Crippen LogP contribution in [-0.2, 0) is 0 Å². The van der Waals surface area contributed by atoms with E-state index in [1.165, 1.54) is 6.08 Å². The fraction of sp³-hybridized carbons (Fsp3) is 0.235. The SMILES string of the molecule is C=C/C(=C/C(=C/CC)C(F)(F)F)N(C)c1cccc(C#N)c1. The van der Waals surface area contributed by atoms with Gasteiger partial charge in [-0.05, 0) is 36.8 Å². The van der Waals surface area contributed by atoms with Gasteiger partial charge in [-0.1, -0.05) is 25.6 Å². The predicted molar refractivity (Wildman–Crippen MR) is 82.3 cm³/mol. The van der Waals surface area contributed by atoms with E-state index in [-0.39, 0.29) is 6.42 Å². The smallest absolute Gasteiger partial charge is 0.345 e. The van der Waals surface area contributed by atoms with Crippen LogP contribution in [0.25, 0.3) is 0 Å². The highest BCUT2D eigenvalue weighted by Crippen LogP contribution is 2.29. The summed E-state index contributed by atoms with van der Waals surface area (Å²) in [7, 11) is 1.63. The van der Waals surface area contributed by atoms with E-state index in [0.29, 0.717) is 16.9 Å². The van der Waals surface area contributed by atoms with E-state index in [1.54, 1.807) is 43.1 Å². The van der Waals surface area contributed by atoms with Crippen molar-refractivity contribution >= 4 is 5.69 Å². The van der Waals surface area contributed by atoms with Crippen LogP contribution in [-0.4, -0.2) is 13.2 Å². The molecule has 0 bridgehead atoms. The van der Waals surface area contributed by atoms with Crippen molar-refractivity contribution in [1.29, 1.82) is 5.26 Å². The lowest BCUT2D eigenvalue weighted by atomic mass is 10.1. The van der Waals surface area contributed by atoms with Crippen LogP contribution in [0.3, 0.4) is 0 Å². The molecule has 0 radical (unpaired) electrons. The van der Waals surface area contributed by atoms with Crippen molar-refractivity contribution in [3.8, 4) is 6.07 Å². The molecule has 116 valence electrons. The Kier molecular flexibility index (Phi) is 6.00. The standard InChI is InChI=1S/C17H17F3N2/c1-4-7-14(17(18,19)20)11-15(5-2)22(3)16-9-6-8-13(10-16)12-21/h5-11H,2,4H2,1,3H3/b14-7-,15-11-. The molecular formula is C17H17F3N2. The minimum atomic E-state index is -4.42. The van der Waals surface area contributed by atoms with Gasteiger partial charge in [-0.15, -0.1) is 0 Å². The maximum Gasteiger partial charge on any atom is 0.416 e. The summed E-state index contributed by atoms with van der Waals surface area (Å²) in [5.41, 5.74) is 0.636. The fourth-order valence-corrected chi connectivity index (χ4v) is 1.86. The van der Waals surface area contributed by atoms with Gasteiger partial charge in [-0.25, -0.2) is 0 Å². The van der Waals surface area contributed by atoms with Crippen molar-refractivity contribution in [3.05, 3.63) is 65.9 Å². The molecule has 0 aromatic heterocycles. The van der Waals surface area contributed by atoms with Crippen LogP contribution in [0.2, 0.25) is 0 Å². The molecule has 0 amide bonds. The van der Waals surface area contributed by atoms with E-state index >= 15 is 0 Å². The van der Waals surface area contributed by atoms with Crippen LogP contribution in [0.1, 0.15) is 18.9 Å². The predicted octanol–water partition coefficient (Wildman–Crippen LogP) is 4.96. The molecule has 0 fully saturated rings. The van der Waals surface area contributed by atoms with Gasteiger partial charge in [0, 0.05) is 18.4 Å². The van der Waals surface area contributed by atoms with Crippen LogP contribution < -0.4 is 4.90 Å². The Morgan fingerprint density at radius 1 is 1.41 bits per heavy atom. The van der Waals surface area contributed by atoms with E-state index in [0.717, 1.165) is 12.2 Å². The van der Waals surface area contributed by atoms with E-state index in [4.69, 9.17) is 5.26 Å². The summed E-state index contributed by atoms with van der Waals surface area (Å²) in [6, 6.07) is 8.63. The first-order chi connectivity index (χ1) is 10.3. The molecule has 1 aromatic carbocycles. The second kappa shape index (κ2) is 7.51. The van der Waals surface area contributed by atoms with Crippen LogP contribution in [0, 0.1) is 11.3 Å². The topological polar surface area (TPSA) is 27.0 Å². The lowest BCUT2D eigenvalue weighted by molar-refractivity contribution is -0.0884. The number of halogens is 3. The fourth-order valence-electron chi connectivity index (χ4n) is 1.86. The first-order valence-corrected chi connectivity index (χ1v) is 6.68. The van der Waals surface area contributed by atoms with Crippen molar-refractivity contribution in [2.24, 2.45) is 0 Å². The molecular weight excluding hydrogens is 289 g/mol. The van der Waals surface area contributed by atoms with Gasteiger partial charge in [0.1, 0.15) is 0 Å². The van der Waals surface area contributed by atoms with Gasteiger partial charge >= 0.3 is 6.18 Å². The van der Waals surface area contributed by atoms with Crippen LogP contribution in [0.5, 0.6) is 0 Å². The third-order valence-electron chi connectivity index (χ3n) is 3.01. The molecule has 0 heterocycles. The third kappa shape index (κ3) is 4.52. The zero-order valence-electron chi connectivity index (χ0n) is 12.5. The van der Waals surface area contributed by atoms with Crippen molar-refractivity contribution in [2.45, 2.75) is 19.5 Å². The van der Waals surface area contributed by atoms with Crippen LogP contribution >= 0.6 is 0 Å².